The van der Waals surface area contributed by atoms with Crippen molar-refractivity contribution >= 4 is 114 Å². The number of benzene rings is 10. The average molecular weight is 888 g/mol. The first-order chi connectivity index (χ1) is 33.6. The lowest BCUT2D eigenvalue weighted by molar-refractivity contribution is 0.667. The lowest BCUT2D eigenvalue weighted by Gasteiger charge is -2.21. The van der Waals surface area contributed by atoms with Crippen LogP contribution in [0.4, 0.5) is 0 Å². The van der Waals surface area contributed by atoms with Gasteiger partial charge in [-0.1, -0.05) is 183 Å². The molecule has 14 rings (SSSR count). The molecule has 1 aliphatic heterocycles. The van der Waals surface area contributed by atoms with Crippen LogP contribution < -0.4 is 0 Å². The Balaban J connectivity index is 1.11. The number of thiophene rings is 1. The predicted octanol–water partition coefficient (Wildman–Crippen LogP) is 17.3. The third-order valence-electron chi connectivity index (χ3n) is 14.0. The van der Waals surface area contributed by atoms with Gasteiger partial charge in [-0.05, 0) is 75.7 Å². The SMILES string of the molecule is CC1C/C=C(c2cccc3c2sc2ccccc23)/N=C(c2c3ccccc3c(-n3c4ccccc4c4cc5ccccc5cc43)c3oc4ccccc4c23)\N=C/1c1cccc(-c2ccccc2)c1. The molecule has 1 atom stereocenters. The predicted molar refractivity (Wildman–Crippen MR) is 289 cm³/mol. The van der Waals surface area contributed by atoms with Crippen LogP contribution in [0.15, 0.2) is 227 Å². The minimum absolute atomic E-state index is 0.0673. The number of aromatic nitrogens is 1. The van der Waals surface area contributed by atoms with E-state index in [1.54, 1.807) is 0 Å². The van der Waals surface area contributed by atoms with Crippen molar-refractivity contribution in [3.8, 4) is 16.8 Å². The molecule has 0 saturated carbocycles. The van der Waals surface area contributed by atoms with E-state index in [1.165, 1.54) is 47.3 Å². The first-order valence-electron chi connectivity index (χ1n) is 23.4. The summed E-state index contributed by atoms with van der Waals surface area (Å²) in [6.07, 6.45) is 3.12. The van der Waals surface area contributed by atoms with E-state index >= 15 is 0 Å². The van der Waals surface area contributed by atoms with Crippen LogP contribution >= 0.6 is 11.3 Å². The Hall–Kier alpha value is -8.38. The number of nitrogens with zero attached hydrogens (tertiary/aromatic N) is 3. The summed E-state index contributed by atoms with van der Waals surface area (Å²) in [5.74, 6) is 0.728. The molecule has 0 N–H and O–H groups in total. The number of fused-ring (bicyclic) bond motifs is 11. The Morgan fingerprint density at radius 3 is 2.04 bits per heavy atom. The molecule has 3 aromatic heterocycles. The molecule has 5 heteroatoms. The van der Waals surface area contributed by atoms with Gasteiger partial charge in [0.05, 0.1) is 28.1 Å². The van der Waals surface area contributed by atoms with Crippen molar-refractivity contribution in [1.29, 1.82) is 0 Å². The quantitative estimate of drug-likeness (QED) is 0.170. The highest BCUT2D eigenvalue weighted by Gasteiger charge is 2.28. The number of aliphatic imine (C=N–C) groups is 2. The number of allylic oxidation sites excluding steroid dienone is 1. The van der Waals surface area contributed by atoms with Gasteiger partial charge in [0, 0.05) is 64.1 Å². The second-order valence-electron chi connectivity index (χ2n) is 18.0. The molecule has 320 valence electrons. The van der Waals surface area contributed by atoms with Gasteiger partial charge in [-0.2, -0.15) is 0 Å². The molecular weight excluding hydrogens is 847 g/mol. The summed E-state index contributed by atoms with van der Waals surface area (Å²) in [5, 5.41) is 11.4. The van der Waals surface area contributed by atoms with E-state index in [0.29, 0.717) is 5.84 Å². The molecule has 0 radical (unpaired) electrons. The zero-order valence-electron chi connectivity index (χ0n) is 37.1. The van der Waals surface area contributed by atoms with Crippen LogP contribution in [0.2, 0.25) is 0 Å². The third-order valence-corrected chi connectivity index (χ3v) is 15.2. The Morgan fingerprint density at radius 1 is 0.515 bits per heavy atom. The molecule has 10 aromatic carbocycles. The summed E-state index contributed by atoms with van der Waals surface area (Å²) in [4.78, 5) is 11.7. The van der Waals surface area contributed by atoms with E-state index in [-0.39, 0.29) is 5.92 Å². The maximum absolute atomic E-state index is 7.25. The van der Waals surface area contributed by atoms with Crippen molar-refractivity contribution in [2.45, 2.75) is 13.3 Å². The van der Waals surface area contributed by atoms with Crippen LogP contribution in [0.3, 0.4) is 0 Å². The smallest absolute Gasteiger partial charge is 0.161 e. The van der Waals surface area contributed by atoms with E-state index in [2.05, 4.69) is 224 Å². The fourth-order valence-electron chi connectivity index (χ4n) is 10.9. The minimum Gasteiger partial charge on any atom is -0.454 e. The van der Waals surface area contributed by atoms with Crippen molar-refractivity contribution in [3.63, 3.8) is 0 Å². The Bertz CT molecular complexity index is 4310. The van der Waals surface area contributed by atoms with Crippen LogP contribution in [0, 0.1) is 5.92 Å². The zero-order chi connectivity index (χ0) is 44.9. The van der Waals surface area contributed by atoms with Gasteiger partial charge in [-0.15, -0.1) is 11.3 Å². The highest BCUT2D eigenvalue weighted by atomic mass is 32.1. The highest BCUT2D eigenvalue weighted by Crippen LogP contribution is 2.46. The Labute approximate surface area is 396 Å². The van der Waals surface area contributed by atoms with Gasteiger partial charge >= 0.3 is 0 Å². The minimum atomic E-state index is 0.0673. The molecule has 1 aliphatic rings. The van der Waals surface area contributed by atoms with Crippen LogP contribution in [0.25, 0.3) is 108 Å². The first kappa shape index (κ1) is 38.8. The number of hydrogen-bond acceptors (Lipinski definition) is 4. The van der Waals surface area contributed by atoms with Crippen molar-refractivity contribution in [3.05, 3.63) is 229 Å². The molecule has 1 unspecified atom stereocenters. The molecule has 4 heterocycles. The van der Waals surface area contributed by atoms with E-state index in [9.17, 15) is 0 Å². The normalized spacial score (nSPS) is 16.9. The maximum Gasteiger partial charge on any atom is 0.161 e. The largest absolute Gasteiger partial charge is 0.454 e. The van der Waals surface area contributed by atoms with Crippen molar-refractivity contribution in [1.82, 2.24) is 4.57 Å². The molecule has 68 heavy (non-hydrogen) atoms. The monoisotopic (exact) mass is 887 g/mol. The van der Waals surface area contributed by atoms with Crippen LogP contribution in [0.1, 0.15) is 30.0 Å². The van der Waals surface area contributed by atoms with Gasteiger partial charge < -0.3 is 8.98 Å². The summed E-state index contributed by atoms with van der Waals surface area (Å²) < 4.78 is 12.2. The number of amidine groups is 1. The Morgan fingerprint density at radius 2 is 1.18 bits per heavy atom. The van der Waals surface area contributed by atoms with E-state index < -0.39 is 0 Å². The number of para-hydroxylation sites is 2. The van der Waals surface area contributed by atoms with Crippen LogP contribution in [-0.4, -0.2) is 16.1 Å². The van der Waals surface area contributed by atoms with Crippen molar-refractivity contribution in [2.75, 3.05) is 0 Å². The van der Waals surface area contributed by atoms with E-state index in [4.69, 9.17) is 14.4 Å². The summed E-state index contributed by atoms with van der Waals surface area (Å²) >= 11 is 1.84. The summed E-state index contributed by atoms with van der Waals surface area (Å²) in [6.45, 7) is 2.31. The zero-order valence-corrected chi connectivity index (χ0v) is 38.0. The highest BCUT2D eigenvalue weighted by molar-refractivity contribution is 7.26. The maximum atomic E-state index is 7.25. The summed E-state index contributed by atoms with van der Waals surface area (Å²) in [5.41, 5.74) is 12.3. The molecule has 13 aromatic rings. The molecule has 0 bridgehead atoms. The van der Waals surface area contributed by atoms with Crippen LogP contribution in [-0.2, 0) is 0 Å². The third kappa shape index (κ3) is 5.99. The standard InChI is InChI=1S/C63H41N3OS/c1-38-33-34-52(49-29-16-28-48-45-24-11-14-32-56(45)68-62(48)49)64-63(65-59(38)43-22-15-21-40(35-43)39-17-3-2-4-18-39)58-46-25-7-8-26-47(46)60(61-57(58)50-27-10-13-31-55(50)67-61)66-53-30-12-9-23-44(53)51-36-41-19-5-6-20-42(41)37-54(51)66/h2-32,34-38H,33H2,1H3/b52-34+,64-63-,65-59+. The molecule has 0 amide bonds. The lowest BCUT2D eigenvalue weighted by Crippen LogP contribution is -2.17. The molecular formula is C63H41N3OS. The molecule has 4 nitrogen and oxygen atoms in total. The molecule has 0 saturated heterocycles. The molecule has 0 fully saturated rings. The van der Waals surface area contributed by atoms with Crippen LogP contribution in [0.5, 0.6) is 0 Å². The first-order valence-corrected chi connectivity index (χ1v) is 24.2. The second-order valence-corrected chi connectivity index (χ2v) is 19.1. The van der Waals surface area contributed by atoms with Gasteiger partial charge in [0.25, 0.3) is 0 Å². The second kappa shape index (κ2) is 15.3. The van der Waals surface area contributed by atoms with Gasteiger partial charge in [0.15, 0.2) is 11.4 Å². The average Bonchev–Trinajstić information content (AvgIpc) is 4.07. The Kier molecular flexibility index (Phi) is 8.77. The fourth-order valence-corrected chi connectivity index (χ4v) is 12.1. The van der Waals surface area contributed by atoms with Gasteiger partial charge in [-0.3, -0.25) is 0 Å². The summed E-state index contributed by atoms with van der Waals surface area (Å²) in [6, 6.07) is 74.2. The summed E-state index contributed by atoms with van der Waals surface area (Å²) in [7, 11) is 0. The van der Waals surface area contributed by atoms with Crippen molar-refractivity contribution < 1.29 is 4.42 Å². The number of rotatable bonds is 5. The molecule has 0 aliphatic carbocycles. The molecule has 0 spiro atoms. The van der Waals surface area contributed by atoms with Crippen molar-refractivity contribution in [2.24, 2.45) is 15.9 Å². The van der Waals surface area contributed by atoms with E-state index in [1.807, 2.05) is 11.3 Å². The van der Waals surface area contributed by atoms with Gasteiger partial charge in [-0.25, -0.2) is 9.98 Å². The fraction of sp³-hybridized carbons (Fsp3) is 0.0476. The van der Waals surface area contributed by atoms with E-state index in [0.717, 1.165) is 89.5 Å². The lowest BCUT2D eigenvalue weighted by atomic mass is 9.90. The van der Waals surface area contributed by atoms with Gasteiger partial charge in [0.2, 0.25) is 0 Å². The topological polar surface area (TPSA) is 42.8 Å². The van der Waals surface area contributed by atoms with Gasteiger partial charge in [0.1, 0.15) is 5.58 Å². The number of furan rings is 1. The number of hydrogen-bond donors (Lipinski definition) is 0.